The van der Waals surface area contributed by atoms with E-state index in [1.165, 1.54) is 57.8 Å². The van der Waals surface area contributed by atoms with Crippen LogP contribution in [0.2, 0.25) is 0 Å². The van der Waals surface area contributed by atoms with E-state index >= 15 is 0 Å². The zero-order chi connectivity index (χ0) is 24.5. The molecule has 0 saturated heterocycles. The molecule has 0 amide bonds. The molecule has 0 unspecified atom stereocenters. The summed E-state index contributed by atoms with van der Waals surface area (Å²) in [6.45, 7) is 3.47. The number of unbranched alkanes of at least 4 members (excludes halogenated alkanes) is 11. The average Bonchev–Trinajstić information content (AvgIpc) is 2.73. The van der Waals surface area contributed by atoms with E-state index in [2.05, 4.69) is 44.3 Å². The summed E-state index contributed by atoms with van der Waals surface area (Å²) in [5.74, 6) is -1.60. The van der Waals surface area contributed by atoms with Gasteiger partial charge in [-0.15, -0.1) is 0 Å². The van der Waals surface area contributed by atoms with Crippen LogP contribution >= 0.6 is 25.3 Å². The Bertz CT molecular complexity index is 491. The van der Waals surface area contributed by atoms with Crippen LogP contribution in [0.15, 0.2) is 12.2 Å². The Kier molecular flexibility index (Phi) is 26.9. The minimum Gasteiger partial charge on any atom is -0.481 e. The molecule has 0 atom stereocenters. The first-order chi connectivity index (χ1) is 15.3. The topological polar surface area (TPSA) is 89.9 Å². The lowest BCUT2D eigenvalue weighted by Crippen LogP contribution is -2.17. The second-order valence-electron chi connectivity index (χ2n) is 7.61. The van der Waals surface area contributed by atoms with Crippen molar-refractivity contribution in [2.75, 3.05) is 13.2 Å². The molecule has 0 spiro atoms. The molecule has 0 rings (SSSR count). The number of allylic oxidation sites excluding steroid dienone is 2. The Morgan fingerprint density at radius 1 is 0.781 bits per heavy atom. The van der Waals surface area contributed by atoms with Crippen molar-refractivity contribution >= 4 is 43.2 Å². The Morgan fingerprint density at radius 2 is 1.22 bits per heavy atom. The van der Waals surface area contributed by atoms with E-state index in [0.717, 1.165) is 32.6 Å². The second-order valence-corrected chi connectivity index (χ2v) is 9.06. The molecule has 0 aromatic rings. The molecule has 8 heteroatoms. The van der Waals surface area contributed by atoms with Gasteiger partial charge in [-0.25, -0.2) is 4.79 Å². The number of ether oxygens (including phenoxy) is 2. The Balaban J connectivity index is 0. The van der Waals surface area contributed by atoms with E-state index in [-0.39, 0.29) is 19.2 Å². The van der Waals surface area contributed by atoms with Gasteiger partial charge < -0.3 is 14.6 Å². The average molecular weight is 493 g/mol. The molecule has 32 heavy (non-hydrogen) atoms. The highest BCUT2D eigenvalue weighted by Gasteiger charge is 2.10. The number of carboxylic acid groups (broad SMARTS) is 1. The second kappa shape index (κ2) is 26.1. The van der Waals surface area contributed by atoms with Crippen LogP contribution in [0.4, 0.5) is 0 Å². The maximum atomic E-state index is 11.6. The fraction of sp³-hybridized carbons (Fsp3) is 0.792. The third-order valence-electron chi connectivity index (χ3n) is 4.44. The van der Waals surface area contributed by atoms with Crippen LogP contribution in [0.25, 0.3) is 0 Å². The van der Waals surface area contributed by atoms with E-state index in [1.807, 2.05) is 0 Å². The van der Waals surface area contributed by atoms with Crippen LogP contribution in [0, 0.1) is 0 Å². The highest BCUT2D eigenvalue weighted by molar-refractivity contribution is 8.00. The fourth-order valence-electron chi connectivity index (χ4n) is 2.78. The number of thiol groups is 2. The molecule has 0 fully saturated rings. The van der Waals surface area contributed by atoms with Crippen molar-refractivity contribution in [2.24, 2.45) is 0 Å². The van der Waals surface area contributed by atoms with Crippen molar-refractivity contribution in [1.82, 2.24) is 0 Å². The molecule has 0 heterocycles. The molecule has 0 bridgehead atoms. The maximum absolute atomic E-state index is 11.6. The summed E-state index contributed by atoms with van der Waals surface area (Å²) in [5, 5.41) is 7.42. The predicted molar refractivity (Wildman–Crippen MR) is 136 cm³/mol. The number of hydrogen-bond donors (Lipinski definition) is 3. The van der Waals surface area contributed by atoms with Gasteiger partial charge in [-0.05, 0) is 32.1 Å². The van der Waals surface area contributed by atoms with Gasteiger partial charge in [0.2, 0.25) is 0 Å². The molecule has 6 nitrogen and oxygen atoms in total. The van der Waals surface area contributed by atoms with E-state index in [4.69, 9.17) is 19.4 Å². The Morgan fingerprint density at radius 3 is 1.72 bits per heavy atom. The van der Waals surface area contributed by atoms with Crippen molar-refractivity contribution < 1.29 is 29.0 Å². The van der Waals surface area contributed by atoms with Crippen molar-refractivity contribution in [3.63, 3.8) is 0 Å². The molecular weight excluding hydrogens is 448 g/mol. The molecule has 0 aliphatic carbocycles. The lowest BCUT2D eigenvalue weighted by atomic mass is 10.1. The number of carbonyl (C=O) groups excluding carboxylic acids is 2. The van der Waals surface area contributed by atoms with Crippen molar-refractivity contribution in [3.05, 3.63) is 12.2 Å². The summed E-state index contributed by atoms with van der Waals surface area (Å²) in [6, 6.07) is 0. The zero-order valence-corrected chi connectivity index (χ0v) is 21.7. The van der Waals surface area contributed by atoms with Gasteiger partial charge in [0.15, 0.2) is 0 Å². The Labute approximate surface area is 205 Å². The summed E-state index contributed by atoms with van der Waals surface area (Å²) in [4.78, 5) is 31.7. The third-order valence-corrected chi connectivity index (χ3v) is 4.87. The molecule has 0 aromatic heterocycles. The van der Waals surface area contributed by atoms with Gasteiger partial charge in [-0.3, -0.25) is 9.59 Å². The molecule has 0 radical (unpaired) electrons. The Hall–Kier alpha value is -1.15. The lowest BCUT2D eigenvalue weighted by molar-refractivity contribution is -0.151. The van der Waals surface area contributed by atoms with E-state index in [9.17, 15) is 9.59 Å². The molecule has 0 aliphatic heterocycles. The number of aliphatic carboxylic acids is 1. The van der Waals surface area contributed by atoms with E-state index in [1.54, 1.807) is 0 Å². The van der Waals surface area contributed by atoms with Gasteiger partial charge in [0.25, 0.3) is 5.97 Å². The molecule has 188 valence electrons. The first-order valence-corrected chi connectivity index (χ1v) is 12.9. The van der Waals surface area contributed by atoms with Crippen LogP contribution < -0.4 is 0 Å². The van der Waals surface area contributed by atoms with E-state index in [0.29, 0.717) is 6.42 Å². The van der Waals surface area contributed by atoms with Gasteiger partial charge in [0.1, 0.15) is 17.8 Å². The first kappa shape index (κ1) is 33.0. The van der Waals surface area contributed by atoms with Gasteiger partial charge in [-0.2, -0.15) is 25.3 Å². The fourth-order valence-corrected chi connectivity index (χ4v) is 2.93. The molecule has 0 saturated carbocycles. The van der Waals surface area contributed by atoms with Crippen LogP contribution in [-0.2, 0) is 23.9 Å². The van der Waals surface area contributed by atoms with Crippen LogP contribution in [0.3, 0.4) is 0 Å². The van der Waals surface area contributed by atoms with Crippen molar-refractivity contribution in [1.29, 1.82) is 0 Å². The number of carbonyl (C=O) groups is 3. The quantitative estimate of drug-likeness (QED) is 0.0637. The maximum Gasteiger partial charge on any atom is 0.328 e. The normalized spacial score (nSPS) is 10.7. The van der Waals surface area contributed by atoms with Gasteiger partial charge in [0.05, 0.1) is 0 Å². The smallest absolute Gasteiger partial charge is 0.328 e. The van der Waals surface area contributed by atoms with Crippen molar-refractivity contribution in [2.45, 2.75) is 108 Å². The molecule has 0 aromatic carbocycles. The standard InChI is InChI=1S/C22H40O4S2.C2H4O2/c1-2-3-4-5-6-7-8-9-10-11-12-13-14-15-16-17-20(23)25-18-19-26-21(24)22(27)28;1-2(3)4/h9-10,22,27-28H,2-8,11-19H2,1H3;1H3,(H,3,4)/b10-9+;. The summed E-state index contributed by atoms with van der Waals surface area (Å²) < 4.78 is 9.07. The van der Waals surface area contributed by atoms with Crippen LogP contribution in [0.5, 0.6) is 0 Å². The largest absolute Gasteiger partial charge is 0.481 e. The number of rotatable bonds is 19. The summed E-state index contributed by atoms with van der Waals surface area (Å²) in [6.07, 6.45) is 21.1. The summed E-state index contributed by atoms with van der Waals surface area (Å²) >= 11 is 7.67. The van der Waals surface area contributed by atoms with Crippen LogP contribution in [-0.4, -0.2) is 40.8 Å². The number of carboxylic acids is 1. The van der Waals surface area contributed by atoms with Gasteiger partial charge in [-0.1, -0.05) is 70.4 Å². The highest BCUT2D eigenvalue weighted by Crippen LogP contribution is 2.10. The minimum absolute atomic E-state index is 0.0502. The van der Waals surface area contributed by atoms with E-state index < -0.39 is 16.5 Å². The van der Waals surface area contributed by atoms with Crippen molar-refractivity contribution in [3.8, 4) is 0 Å². The lowest BCUT2D eigenvalue weighted by Gasteiger charge is -2.07. The number of hydrogen-bond acceptors (Lipinski definition) is 7. The SMILES string of the molecule is CC(=O)O.CCCCCCCC/C=C/CCCCCCCC(=O)OCCOC(=O)C(S)S. The summed E-state index contributed by atoms with van der Waals surface area (Å²) in [7, 11) is 0. The highest BCUT2D eigenvalue weighted by atomic mass is 32.2. The molecule has 1 N–H and O–H groups in total. The monoisotopic (exact) mass is 492 g/mol. The number of esters is 2. The molecular formula is C24H44O6S2. The molecule has 0 aliphatic rings. The first-order valence-electron chi connectivity index (χ1n) is 11.8. The van der Waals surface area contributed by atoms with Gasteiger partial charge in [0, 0.05) is 13.3 Å². The summed E-state index contributed by atoms with van der Waals surface area (Å²) in [5.41, 5.74) is 0. The third kappa shape index (κ3) is 31.0. The van der Waals surface area contributed by atoms with Crippen LogP contribution in [0.1, 0.15) is 104 Å². The zero-order valence-electron chi connectivity index (χ0n) is 19.9. The van der Waals surface area contributed by atoms with Gasteiger partial charge >= 0.3 is 11.9 Å². The minimum atomic E-state index is -0.833. The predicted octanol–water partition coefficient (Wildman–Crippen LogP) is 6.39.